The molecular formula is C21H19N7O3S. The van der Waals surface area contributed by atoms with Crippen molar-refractivity contribution in [3.05, 3.63) is 53.4 Å². The molecule has 1 aliphatic rings. The van der Waals surface area contributed by atoms with E-state index in [9.17, 15) is 9.90 Å². The predicted molar refractivity (Wildman–Crippen MR) is 117 cm³/mol. The summed E-state index contributed by atoms with van der Waals surface area (Å²) in [5.74, 6) is 0.464. The lowest BCUT2D eigenvalue weighted by atomic mass is 9.91. The lowest BCUT2D eigenvalue weighted by Gasteiger charge is -2.21. The Morgan fingerprint density at radius 3 is 2.84 bits per heavy atom. The predicted octanol–water partition coefficient (Wildman–Crippen LogP) is 2.75. The summed E-state index contributed by atoms with van der Waals surface area (Å²) in [6.45, 7) is 2.22. The minimum Gasteiger partial charge on any atom is -0.408 e. The Hall–Kier alpha value is -3.70. The van der Waals surface area contributed by atoms with Crippen LogP contribution in [0.25, 0.3) is 22.0 Å². The maximum absolute atomic E-state index is 12.5. The Morgan fingerprint density at radius 1 is 1.22 bits per heavy atom. The number of aliphatic hydroxyl groups is 1. The fourth-order valence-corrected chi connectivity index (χ4v) is 4.37. The summed E-state index contributed by atoms with van der Waals surface area (Å²) in [6.07, 6.45) is 1.98. The zero-order valence-electron chi connectivity index (χ0n) is 17.3. The zero-order chi connectivity index (χ0) is 22.3. The number of rotatable bonds is 5. The molecular weight excluding hydrogens is 430 g/mol. The first-order valence-corrected chi connectivity index (χ1v) is 10.8. The molecule has 5 rings (SSSR count). The van der Waals surface area contributed by atoms with E-state index in [4.69, 9.17) is 9.40 Å². The molecule has 1 aromatic carbocycles. The van der Waals surface area contributed by atoms with Crippen molar-refractivity contribution >= 4 is 29.2 Å². The summed E-state index contributed by atoms with van der Waals surface area (Å²) in [5.41, 5.74) is 1.21. The fraction of sp³-hybridized carbons (Fsp3) is 0.238. The number of thiazole rings is 1. The number of likely N-dealkylation sites (N-methyl/N-ethyl adjacent to an activating group) is 1. The van der Waals surface area contributed by atoms with Gasteiger partial charge in [-0.3, -0.25) is 10.1 Å². The minimum absolute atomic E-state index is 0.209. The second kappa shape index (κ2) is 7.77. The molecule has 0 radical (unpaired) electrons. The molecule has 1 saturated heterocycles. The normalized spacial score (nSPS) is 18.3. The molecule has 0 aliphatic carbocycles. The van der Waals surface area contributed by atoms with Crippen molar-refractivity contribution in [2.75, 3.05) is 18.9 Å². The summed E-state index contributed by atoms with van der Waals surface area (Å²) >= 11 is 1.45. The summed E-state index contributed by atoms with van der Waals surface area (Å²) in [5, 5.41) is 24.1. The standard InChI is InChI=1S/C21H19N7O3S/c1-12-26-27-20(31-12)25-19-22-8-6-15(24-19)16-11-32-17(23-16)13-4-3-5-14(10-13)21(30)7-9-28(2)18(21)29/h3-6,8,10-11,30H,7,9H2,1-2H3,(H,22,24,25,27)/t21-/m1/s1. The van der Waals surface area contributed by atoms with Gasteiger partial charge in [-0.05, 0) is 17.7 Å². The smallest absolute Gasteiger partial charge is 0.322 e. The first-order valence-electron chi connectivity index (χ1n) is 9.87. The molecule has 4 heterocycles. The molecule has 4 aromatic rings. The van der Waals surface area contributed by atoms with Crippen LogP contribution in [0, 0.1) is 6.92 Å². The molecule has 32 heavy (non-hydrogen) atoms. The molecule has 3 aromatic heterocycles. The van der Waals surface area contributed by atoms with Crippen molar-refractivity contribution in [3.8, 4) is 22.0 Å². The van der Waals surface area contributed by atoms with Gasteiger partial charge in [0.05, 0.1) is 5.69 Å². The number of likely N-dealkylation sites (tertiary alicyclic amines) is 1. The van der Waals surface area contributed by atoms with E-state index in [2.05, 4.69) is 25.5 Å². The van der Waals surface area contributed by atoms with Gasteiger partial charge in [-0.2, -0.15) is 0 Å². The van der Waals surface area contributed by atoms with E-state index in [-0.39, 0.29) is 11.9 Å². The second-order valence-corrected chi connectivity index (χ2v) is 8.33. The second-order valence-electron chi connectivity index (χ2n) is 7.47. The zero-order valence-corrected chi connectivity index (χ0v) is 18.1. The number of hydrogen-bond donors (Lipinski definition) is 2. The first kappa shape index (κ1) is 20.2. The van der Waals surface area contributed by atoms with Gasteiger partial charge >= 0.3 is 6.01 Å². The SMILES string of the molecule is Cc1nnc(Nc2nccc(-c3csc(-c4cccc([C@]5(O)CCN(C)C5=O)c4)n3)n2)o1. The number of nitrogens with zero attached hydrogens (tertiary/aromatic N) is 6. The third-order valence-electron chi connectivity index (χ3n) is 5.26. The van der Waals surface area contributed by atoms with Crippen LogP contribution in [0.2, 0.25) is 0 Å². The van der Waals surface area contributed by atoms with E-state index >= 15 is 0 Å². The lowest BCUT2D eigenvalue weighted by molar-refractivity contribution is -0.143. The van der Waals surface area contributed by atoms with Crippen LogP contribution in [0.4, 0.5) is 12.0 Å². The quantitative estimate of drug-likeness (QED) is 0.472. The fourth-order valence-electron chi connectivity index (χ4n) is 3.56. The van der Waals surface area contributed by atoms with Gasteiger partial charge < -0.3 is 14.4 Å². The lowest BCUT2D eigenvalue weighted by Crippen LogP contribution is -2.36. The van der Waals surface area contributed by atoms with E-state index in [1.807, 2.05) is 23.6 Å². The molecule has 1 atom stereocenters. The van der Waals surface area contributed by atoms with E-state index < -0.39 is 5.60 Å². The third kappa shape index (κ3) is 3.61. The number of nitrogens with one attached hydrogen (secondary N) is 1. The maximum Gasteiger partial charge on any atom is 0.322 e. The molecule has 0 spiro atoms. The number of aromatic nitrogens is 5. The molecule has 11 heteroatoms. The molecule has 10 nitrogen and oxygen atoms in total. The van der Waals surface area contributed by atoms with Crippen molar-refractivity contribution < 1.29 is 14.3 Å². The highest BCUT2D eigenvalue weighted by Crippen LogP contribution is 2.36. The van der Waals surface area contributed by atoms with Crippen LogP contribution in [0.3, 0.4) is 0 Å². The van der Waals surface area contributed by atoms with Crippen LogP contribution in [0.5, 0.6) is 0 Å². The number of carbonyl (C=O) groups is 1. The van der Waals surface area contributed by atoms with E-state index in [1.165, 1.54) is 11.3 Å². The van der Waals surface area contributed by atoms with Crippen molar-refractivity contribution in [1.29, 1.82) is 0 Å². The number of aryl methyl sites for hydroxylation is 1. The molecule has 1 aliphatic heterocycles. The average molecular weight is 449 g/mol. The molecule has 0 bridgehead atoms. The molecule has 1 amide bonds. The molecule has 2 N–H and O–H groups in total. The number of benzene rings is 1. The Morgan fingerprint density at radius 2 is 2.09 bits per heavy atom. The van der Waals surface area contributed by atoms with Crippen LogP contribution < -0.4 is 5.32 Å². The summed E-state index contributed by atoms with van der Waals surface area (Å²) in [4.78, 5) is 27.3. The molecule has 1 fully saturated rings. The van der Waals surface area contributed by atoms with Crippen LogP contribution in [0.1, 0.15) is 17.9 Å². The number of anilines is 2. The van der Waals surface area contributed by atoms with Gasteiger partial charge in [-0.25, -0.2) is 15.0 Å². The highest BCUT2D eigenvalue weighted by Gasteiger charge is 2.45. The molecule has 0 saturated carbocycles. The van der Waals surface area contributed by atoms with Gasteiger partial charge in [0.25, 0.3) is 5.91 Å². The summed E-state index contributed by atoms with van der Waals surface area (Å²) in [7, 11) is 1.70. The Balaban J connectivity index is 1.41. The number of carbonyl (C=O) groups excluding carboxylic acids is 1. The van der Waals surface area contributed by atoms with E-state index in [0.29, 0.717) is 41.8 Å². The first-order chi connectivity index (χ1) is 15.4. The molecule has 0 unspecified atom stereocenters. The van der Waals surface area contributed by atoms with Crippen molar-refractivity contribution in [1.82, 2.24) is 30.0 Å². The third-order valence-corrected chi connectivity index (χ3v) is 6.15. The topological polar surface area (TPSA) is 130 Å². The van der Waals surface area contributed by atoms with Crippen molar-refractivity contribution in [2.45, 2.75) is 18.9 Å². The van der Waals surface area contributed by atoms with Crippen LogP contribution in [-0.2, 0) is 10.4 Å². The van der Waals surface area contributed by atoms with Gasteiger partial charge in [-0.1, -0.05) is 23.3 Å². The largest absolute Gasteiger partial charge is 0.408 e. The van der Waals surface area contributed by atoms with E-state index in [1.54, 1.807) is 37.2 Å². The van der Waals surface area contributed by atoms with Crippen LogP contribution in [0.15, 0.2) is 46.3 Å². The Labute approximate surface area is 187 Å². The monoisotopic (exact) mass is 449 g/mol. The molecule has 162 valence electrons. The minimum atomic E-state index is -1.49. The summed E-state index contributed by atoms with van der Waals surface area (Å²) in [6, 6.07) is 9.30. The highest BCUT2D eigenvalue weighted by atomic mass is 32.1. The average Bonchev–Trinajstić information content (AvgIpc) is 3.52. The van der Waals surface area contributed by atoms with E-state index in [0.717, 1.165) is 10.6 Å². The van der Waals surface area contributed by atoms with Crippen molar-refractivity contribution in [3.63, 3.8) is 0 Å². The van der Waals surface area contributed by atoms with Gasteiger partial charge in [-0.15, -0.1) is 16.4 Å². The number of amides is 1. The highest BCUT2D eigenvalue weighted by molar-refractivity contribution is 7.13. The Kier molecular flexibility index (Phi) is 4.91. The van der Waals surface area contributed by atoms with Gasteiger partial charge in [0, 0.05) is 44.1 Å². The van der Waals surface area contributed by atoms with Crippen LogP contribution in [-0.4, -0.2) is 54.7 Å². The van der Waals surface area contributed by atoms with Crippen molar-refractivity contribution in [2.24, 2.45) is 0 Å². The van der Waals surface area contributed by atoms with Gasteiger partial charge in [0.2, 0.25) is 11.8 Å². The van der Waals surface area contributed by atoms with Gasteiger partial charge in [0.15, 0.2) is 5.60 Å². The number of hydrogen-bond acceptors (Lipinski definition) is 10. The van der Waals surface area contributed by atoms with Gasteiger partial charge in [0.1, 0.15) is 10.7 Å². The Bertz CT molecular complexity index is 1300. The maximum atomic E-state index is 12.5. The van der Waals surface area contributed by atoms with Crippen LogP contribution >= 0.6 is 11.3 Å². The summed E-state index contributed by atoms with van der Waals surface area (Å²) < 4.78 is 5.30.